The highest BCUT2D eigenvalue weighted by molar-refractivity contribution is 5.97. The van der Waals surface area contributed by atoms with Gasteiger partial charge in [-0.2, -0.15) is 0 Å². The maximum atomic E-state index is 12.9. The van der Waals surface area contributed by atoms with Crippen molar-refractivity contribution in [3.05, 3.63) is 42.0 Å². The van der Waals surface area contributed by atoms with E-state index in [4.69, 9.17) is 4.74 Å². The number of para-hydroxylation sites is 1. The second-order valence-electron chi connectivity index (χ2n) is 6.17. The molecule has 128 valence electrons. The van der Waals surface area contributed by atoms with Crippen LogP contribution in [0.5, 0.6) is 5.75 Å². The predicted octanol–water partition coefficient (Wildman–Crippen LogP) is 2.72. The second kappa shape index (κ2) is 7.47. The molecule has 1 aromatic heterocycles. The van der Waals surface area contributed by atoms with Crippen molar-refractivity contribution in [2.24, 2.45) is 0 Å². The van der Waals surface area contributed by atoms with Gasteiger partial charge in [0, 0.05) is 25.6 Å². The molecule has 0 unspecified atom stereocenters. The molecule has 0 saturated carbocycles. The Balaban J connectivity index is 1.78. The third-order valence-corrected chi connectivity index (χ3v) is 4.52. The summed E-state index contributed by atoms with van der Waals surface area (Å²) in [4.78, 5) is 14.8. The number of nitrogens with zero attached hydrogens (tertiary/aromatic N) is 4. The average Bonchev–Trinajstić information content (AvgIpc) is 3.10. The topological polar surface area (TPSA) is 60.2 Å². The highest BCUT2D eigenvalue weighted by atomic mass is 16.5. The zero-order valence-electron chi connectivity index (χ0n) is 14.3. The van der Waals surface area contributed by atoms with E-state index in [1.165, 1.54) is 0 Å². The van der Waals surface area contributed by atoms with Crippen LogP contribution >= 0.6 is 0 Å². The van der Waals surface area contributed by atoms with Crippen LogP contribution < -0.4 is 4.74 Å². The van der Waals surface area contributed by atoms with Gasteiger partial charge in [0.1, 0.15) is 17.9 Å². The molecule has 1 aromatic carbocycles. The summed E-state index contributed by atoms with van der Waals surface area (Å²) in [6.07, 6.45) is 4.85. The monoisotopic (exact) mass is 328 g/mol. The standard InChI is InChI=1S/C18H24N4O2/c1-3-10-22-13-19-20-17(22)14-7-6-11-21(12-14)18(23)15-8-4-5-9-16(15)24-2/h4-5,8-9,13-14H,3,6-7,10-12H2,1-2H3/t14-/m1/s1. The number of hydrogen-bond acceptors (Lipinski definition) is 4. The Morgan fingerprint density at radius 1 is 1.38 bits per heavy atom. The van der Waals surface area contributed by atoms with E-state index >= 15 is 0 Å². The van der Waals surface area contributed by atoms with Gasteiger partial charge in [0.25, 0.3) is 5.91 Å². The van der Waals surface area contributed by atoms with E-state index in [2.05, 4.69) is 21.7 Å². The van der Waals surface area contributed by atoms with Crippen LogP contribution in [0.4, 0.5) is 0 Å². The van der Waals surface area contributed by atoms with Crippen LogP contribution in [0.25, 0.3) is 0 Å². The molecule has 1 aliphatic heterocycles. The van der Waals surface area contributed by atoms with Gasteiger partial charge in [0.05, 0.1) is 12.7 Å². The van der Waals surface area contributed by atoms with Crippen LogP contribution in [0.15, 0.2) is 30.6 Å². The summed E-state index contributed by atoms with van der Waals surface area (Å²) < 4.78 is 7.45. The summed E-state index contributed by atoms with van der Waals surface area (Å²) in [6, 6.07) is 7.40. The summed E-state index contributed by atoms with van der Waals surface area (Å²) in [5, 5.41) is 8.37. The molecule has 0 spiro atoms. The maximum Gasteiger partial charge on any atom is 0.257 e. The van der Waals surface area contributed by atoms with Gasteiger partial charge in [0.2, 0.25) is 0 Å². The Kier molecular flexibility index (Phi) is 5.13. The lowest BCUT2D eigenvalue weighted by atomic mass is 9.96. The molecule has 6 heteroatoms. The Labute approximate surface area is 142 Å². The van der Waals surface area contributed by atoms with E-state index in [0.29, 0.717) is 17.9 Å². The third-order valence-electron chi connectivity index (χ3n) is 4.52. The lowest BCUT2D eigenvalue weighted by molar-refractivity contribution is 0.0699. The summed E-state index contributed by atoms with van der Waals surface area (Å²) in [5.41, 5.74) is 0.621. The largest absolute Gasteiger partial charge is 0.496 e. The fourth-order valence-electron chi connectivity index (χ4n) is 3.36. The van der Waals surface area contributed by atoms with E-state index < -0.39 is 0 Å². The molecule has 2 aromatic rings. The van der Waals surface area contributed by atoms with Gasteiger partial charge < -0.3 is 14.2 Å². The first-order chi connectivity index (χ1) is 11.7. The van der Waals surface area contributed by atoms with E-state index in [0.717, 1.165) is 38.2 Å². The average molecular weight is 328 g/mol. The molecule has 0 aliphatic carbocycles. The Morgan fingerprint density at radius 3 is 3.00 bits per heavy atom. The number of carbonyl (C=O) groups excluding carboxylic acids is 1. The number of ether oxygens (including phenoxy) is 1. The third kappa shape index (κ3) is 3.27. The number of aromatic nitrogens is 3. The first-order valence-electron chi connectivity index (χ1n) is 8.54. The van der Waals surface area contributed by atoms with Crippen molar-refractivity contribution in [1.82, 2.24) is 19.7 Å². The number of amides is 1. The number of hydrogen-bond donors (Lipinski definition) is 0. The minimum absolute atomic E-state index is 0.0266. The van der Waals surface area contributed by atoms with E-state index in [-0.39, 0.29) is 11.8 Å². The number of methoxy groups -OCH3 is 1. The lowest BCUT2D eigenvalue weighted by Crippen LogP contribution is -2.40. The molecule has 0 bridgehead atoms. The second-order valence-corrected chi connectivity index (χ2v) is 6.17. The van der Waals surface area contributed by atoms with Crippen molar-refractivity contribution in [1.29, 1.82) is 0 Å². The van der Waals surface area contributed by atoms with Gasteiger partial charge in [0.15, 0.2) is 0 Å². The van der Waals surface area contributed by atoms with Gasteiger partial charge >= 0.3 is 0 Å². The predicted molar refractivity (Wildman–Crippen MR) is 91.2 cm³/mol. The number of likely N-dealkylation sites (tertiary alicyclic amines) is 1. The number of carbonyl (C=O) groups is 1. The van der Waals surface area contributed by atoms with Crippen molar-refractivity contribution >= 4 is 5.91 Å². The molecule has 3 rings (SSSR count). The molecule has 1 fully saturated rings. The number of aryl methyl sites for hydroxylation is 1. The van der Waals surface area contributed by atoms with Crippen LogP contribution in [-0.4, -0.2) is 45.8 Å². The molecule has 0 radical (unpaired) electrons. The molecule has 0 N–H and O–H groups in total. The van der Waals surface area contributed by atoms with Crippen molar-refractivity contribution < 1.29 is 9.53 Å². The van der Waals surface area contributed by atoms with Crippen LogP contribution in [0.2, 0.25) is 0 Å². The number of benzene rings is 1. The first-order valence-corrected chi connectivity index (χ1v) is 8.54. The minimum atomic E-state index is 0.0266. The fraction of sp³-hybridized carbons (Fsp3) is 0.500. The minimum Gasteiger partial charge on any atom is -0.496 e. The number of rotatable bonds is 5. The van der Waals surface area contributed by atoms with Crippen molar-refractivity contribution in [3.8, 4) is 5.75 Å². The molecule has 24 heavy (non-hydrogen) atoms. The van der Waals surface area contributed by atoms with Gasteiger partial charge in [-0.15, -0.1) is 10.2 Å². The van der Waals surface area contributed by atoms with Crippen LogP contribution in [-0.2, 0) is 6.54 Å². The molecule has 2 heterocycles. The van der Waals surface area contributed by atoms with E-state index in [1.54, 1.807) is 13.4 Å². The van der Waals surface area contributed by atoms with Gasteiger partial charge in [-0.05, 0) is 31.4 Å². The van der Waals surface area contributed by atoms with Crippen molar-refractivity contribution in [2.75, 3.05) is 20.2 Å². The Hall–Kier alpha value is -2.37. The molecule has 1 saturated heterocycles. The van der Waals surface area contributed by atoms with Crippen LogP contribution in [0.1, 0.15) is 48.3 Å². The molecule has 1 atom stereocenters. The first kappa shape index (κ1) is 16.5. The smallest absolute Gasteiger partial charge is 0.257 e. The molecule has 1 aliphatic rings. The quantitative estimate of drug-likeness (QED) is 0.847. The van der Waals surface area contributed by atoms with Crippen molar-refractivity contribution in [2.45, 2.75) is 38.6 Å². The van der Waals surface area contributed by atoms with E-state index in [1.807, 2.05) is 29.2 Å². The molecule has 6 nitrogen and oxygen atoms in total. The fourth-order valence-corrected chi connectivity index (χ4v) is 3.36. The zero-order valence-corrected chi connectivity index (χ0v) is 14.3. The number of piperidine rings is 1. The molecular weight excluding hydrogens is 304 g/mol. The SMILES string of the molecule is CCCn1cnnc1[C@@H]1CCCN(C(=O)c2ccccc2OC)C1. The summed E-state index contributed by atoms with van der Waals surface area (Å²) in [6.45, 7) is 4.51. The Bertz CT molecular complexity index is 698. The lowest BCUT2D eigenvalue weighted by Gasteiger charge is -2.32. The van der Waals surface area contributed by atoms with Gasteiger partial charge in [-0.25, -0.2) is 0 Å². The summed E-state index contributed by atoms with van der Waals surface area (Å²) in [7, 11) is 1.60. The highest BCUT2D eigenvalue weighted by Crippen LogP contribution is 2.28. The van der Waals surface area contributed by atoms with Gasteiger partial charge in [-0.3, -0.25) is 4.79 Å². The highest BCUT2D eigenvalue weighted by Gasteiger charge is 2.29. The maximum absolute atomic E-state index is 12.9. The Morgan fingerprint density at radius 2 is 2.21 bits per heavy atom. The summed E-state index contributed by atoms with van der Waals surface area (Å²) >= 11 is 0. The van der Waals surface area contributed by atoms with Crippen molar-refractivity contribution in [3.63, 3.8) is 0 Å². The molecule has 1 amide bonds. The van der Waals surface area contributed by atoms with Gasteiger partial charge in [-0.1, -0.05) is 19.1 Å². The van der Waals surface area contributed by atoms with Crippen LogP contribution in [0.3, 0.4) is 0 Å². The normalized spacial score (nSPS) is 17.8. The molecular formula is C18H24N4O2. The van der Waals surface area contributed by atoms with E-state index in [9.17, 15) is 4.79 Å². The van der Waals surface area contributed by atoms with Crippen LogP contribution in [0, 0.1) is 0 Å². The summed E-state index contributed by atoms with van der Waals surface area (Å²) in [5.74, 6) is 1.89. The zero-order chi connectivity index (χ0) is 16.9.